The van der Waals surface area contributed by atoms with Gasteiger partial charge in [-0.2, -0.15) is 0 Å². The summed E-state index contributed by atoms with van der Waals surface area (Å²) in [5.74, 6) is 0. The maximum absolute atomic E-state index is 3.84. The summed E-state index contributed by atoms with van der Waals surface area (Å²) in [7, 11) is 0. The largest absolute Gasteiger partial charge is 0.162 e. The van der Waals surface area contributed by atoms with Crippen LogP contribution in [0.4, 0.5) is 0 Å². The standard InChI is InChI=1S/C9Br19/c10-1(11)2(12,13)3(14,15)4(16,17)5(18,19)6(20,21)7(22,23)8(24,25)9(26,27)28. The molecule has 0 atom stereocenters. The van der Waals surface area contributed by atoms with Gasteiger partial charge in [0.05, 0.1) is 0 Å². The van der Waals surface area contributed by atoms with E-state index in [1.165, 1.54) is 0 Å². The Morgan fingerprint density at radius 3 is 0.750 bits per heavy atom. The van der Waals surface area contributed by atoms with E-state index >= 15 is 0 Å². The molecule has 0 aliphatic carbocycles. The van der Waals surface area contributed by atoms with E-state index in [0.717, 1.165) is 0 Å². The van der Waals surface area contributed by atoms with Gasteiger partial charge >= 0.3 is 0 Å². The Balaban J connectivity index is 6.72. The molecule has 0 saturated heterocycles. The summed E-state index contributed by atoms with van der Waals surface area (Å²) >= 11 is 70.6. The van der Waals surface area contributed by atoms with Gasteiger partial charge in [-0.05, 0) is 0 Å². The van der Waals surface area contributed by atoms with Crippen LogP contribution in [0.5, 0.6) is 0 Å². The van der Waals surface area contributed by atoms with Gasteiger partial charge in [0.1, 0.15) is 26.4 Å². The van der Waals surface area contributed by atoms with Crippen LogP contribution < -0.4 is 0 Å². The van der Waals surface area contributed by atoms with Crippen LogP contribution in [0.3, 0.4) is 0 Å². The molecule has 0 fully saturated rings. The summed E-state index contributed by atoms with van der Waals surface area (Å²) in [4.78, 5) is 0. The topological polar surface area (TPSA) is 0 Å². The average molecular weight is 1630 g/mol. The van der Waals surface area contributed by atoms with Crippen molar-refractivity contribution in [1.29, 1.82) is 0 Å². The molecule has 0 aromatic carbocycles. The molecule has 0 aliphatic heterocycles. The Morgan fingerprint density at radius 1 is 0.321 bits per heavy atom. The molecule has 0 aliphatic rings. The monoisotopic (exact) mass is 1610 g/mol. The first kappa shape index (κ1) is 37.1. The first-order valence-corrected chi connectivity index (χ1v) is 20.7. The van der Waals surface area contributed by atoms with Gasteiger partial charge in [-0.25, -0.2) is 0 Å². The van der Waals surface area contributed by atoms with Crippen molar-refractivity contribution in [2.75, 3.05) is 0 Å². The van der Waals surface area contributed by atoms with Gasteiger partial charge in [-0.1, -0.05) is 303 Å². The highest BCUT2D eigenvalue weighted by molar-refractivity contribution is 9.42. The van der Waals surface area contributed by atoms with Crippen LogP contribution in [0, 0.1) is 3.74 Å². The van der Waals surface area contributed by atoms with Crippen LogP contribution in [-0.4, -0.2) is 24.8 Å². The number of hydrogen-bond acceptors (Lipinski definition) is 0. The normalized spacial score (nSPS) is 16.7. The molecule has 169 valence electrons. The van der Waals surface area contributed by atoms with Crippen molar-refractivity contribution in [3.8, 4) is 0 Å². The maximum Gasteiger partial charge on any atom is 0.162 e. The molecular weight excluding hydrogens is 1630 g/mol. The molecule has 0 amide bonds. The lowest BCUT2D eigenvalue weighted by Gasteiger charge is -2.57. The zero-order valence-electron chi connectivity index (χ0n) is 11.7. The van der Waals surface area contributed by atoms with Crippen molar-refractivity contribution >= 4 is 303 Å². The molecule has 0 unspecified atom stereocenters. The molecule has 0 nitrogen and oxygen atoms in total. The first-order chi connectivity index (χ1) is 11.7. The van der Waals surface area contributed by atoms with Gasteiger partial charge in [0.25, 0.3) is 0 Å². The summed E-state index contributed by atoms with van der Waals surface area (Å²) < 4.78 is -6.66. The third kappa shape index (κ3) is 6.70. The van der Waals surface area contributed by atoms with Gasteiger partial charge < -0.3 is 0 Å². The van der Waals surface area contributed by atoms with Gasteiger partial charge in [-0.15, -0.1) is 0 Å². The van der Waals surface area contributed by atoms with Crippen molar-refractivity contribution in [3.63, 3.8) is 0 Å². The van der Waals surface area contributed by atoms with Crippen molar-refractivity contribution in [1.82, 2.24) is 0 Å². The number of rotatable bonds is 7. The average Bonchev–Trinajstić information content (AvgIpc) is 2.44. The lowest BCUT2D eigenvalue weighted by molar-refractivity contribution is 0.594. The second kappa shape index (κ2) is 12.3. The molecule has 19 heteroatoms. The number of hydrogen-bond donors (Lipinski definition) is 0. The summed E-state index contributed by atoms with van der Waals surface area (Å²) in [6.45, 7) is 0. The lowest BCUT2D eigenvalue weighted by Crippen LogP contribution is -2.68. The van der Waals surface area contributed by atoms with Gasteiger partial charge in [-0.3, -0.25) is 0 Å². The highest BCUT2D eigenvalue weighted by Gasteiger charge is 2.77. The van der Waals surface area contributed by atoms with E-state index in [1.807, 2.05) is 0 Å². The fourth-order valence-corrected chi connectivity index (χ4v) is 17.7. The third-order valence-electron chi connectivity index (χ3n) is 2.96. The minimum absolute atomic E-state index is 0.690. The van der Waals surface area contributed by atoms with Gasteiger partial charge in [0.2, 0.25) is 0 Å². The predicted octanol–water partition coefficient (Wildman–Crippen LogP) is 14.5. The lowest BCUT2D eigenvalue weighted by atomic mass is 10.1. The van der Waals surface area contributed by atoms with Gasteiger partial charge in [0, 0.05) is 0 Å². The molecule has 1 radical (unpaired) electrons. The molecule has 0 aromatic heterocycles. The fraction of sp³-hybridized carbons (Fsp3) is 0.889. The van der Waals surface area contributed by atoms with Crippen molar-refractivity contribution in [2.24, 2.45) is 0 Å². The van der Waals surface area contributed by atoms with Crippen molar-refractivity contribution < 1.29 is 0 Å². The minimum Gasteiger partial charge on any atom is -0.0675 e. The van der Waals surface area contributed by atoms with E-state index in [4.69, 9.17) is 0 Å². The molecule has 0 aromatic rings. The minimum atomic E-state index is -1.01. The van der Waals surface area contributed by atoms with Crippen LogP contribution in [0.25, 0.3) is 0 Å². The number of halogens is 19. The van der Waals surface area contributed by atoms with Crippen LogP contribution >= 0.6 is 303 Å². The summed E-state index contributed by atoms with van der Waals surface area (Å²) in [5.41, 5.74) is 0. The highest BCUT2D eigenvalue weighted by Crippen LogP contribution is 2.78. The second-order valence-electron chi connectivity index (χ2n) is 4.78. The molecule has 0 N–H and O–H groups in total. The number of alkyl halides is 17. The zero-order chi connectivity index (χ0) is 23.6. The Bertz CT molecular complexity index is 564. The Morgan fingerprint density at radius 2 is 0.536 bits per heavy atom. The van der Waals surface area contributed by atoms with Gasteiger partial charge in [0.15, 0.2) is 2.14 Å². The molecule has 0 bridgehead atoms. The Labute approximate surface area is 323 Å². The summed E-state index contributed by atoms with van der Waals surface area (Å²) in [5, 5.41) is 0. The van der Waals surface area contributed by atoms with E-state index in [-0.39, 0.29) is 0 Å². The van der Waals surface area contributed by atoms with Crippen LogP contribution in [0.1, 0.15) is 0 Å². The quantitative estimate of drug-likeness (QED) is 0.223. The maximum atomic E-state index is 3.84. The Kier molecular flexibility index (Phi) is 16.3. The van der Waals surface area contributed by atoms with Crippen LogP contribution in [0.2, 0.25) is 0 Å². The fourth-order valence-electron chi connectivity index (χ4n) is 1.28. The van der Waals surface area contributed by atoms with Crippen molar-refractivity contribution in [2.45, 2.75) is 24.8 Å². The van der Waals surface area contributed by atoms with E-state index in [9.17, 15) is 0 Å². The van der Waals surface area contributed by atoms with Crippen LogP contribution in [-0.2, 0) is 0 Å². The van der Waals surface area contributed by atoms with E-state index in [1.54, 1.807) is 0 Å². The molecule has 28 heavy (non-hydrogen) atoms. The van der Waals surface area contributed by atoms with E-state index < -0.39 is 24.8 Å². The van der Waals surface area contributed by atoms with E-state index in [2.05, 4.69) is 303 Å². The zero-order valence-corrected chi connectivity index (χ0v) is 41.8. The predicted molar refractivity (Wildman–Crippen MR) is 195 cm³/mol. The van der Waals surface area contributed by atoms with E-state index in [0.29, 0.717) is 3.74 Å². The molecule has 0 saturated carbocycles. The Hall–Kier alpha value is 9.12. The second-order valence-corrected chi connectivity index (χ2v) is 38.3. The van der Waals surface area contributed by atoms with Crippen molar-refractivity contribution in [3.05, 3.63) is 3.74 Å². The smallest absolute Gasteiger partial charge is 0.0675 e. The SMILES string of the molecule is Br[C](Br)C(Br)(Br)C(Br)(Br)C(Br)(Br)C(Br)(Br)C(Br)(Br)C(Br)(Br)C(Br)(Br)C(Br)(Br)Br. The first-order valence-electron chi connectivity index (χ1n) is 5.59. The molecule has 0 heterocycles. The summed E-state index contributed by atoms with van der Waals surface area (Å²) in [6, 6.07) is 0. The third-order valence-corrected chi connectivity index (χ3v) is 40.3. The molecular formula is C9Br19. The summed E-state index contributed by atoms with van der Waals surface area (Å²) in [6.07, 6.45) is 0. The van der Waals surface area contributed by atoms with Crippen LogP contribution in [0.15, 0.2) is 0 Å². The molecule has 0 spiro atoms. The highest BCUT2D eigenvalue weighted by atomic mass is 80.0. The molecule has 0 rings (SSSR count).